The maximum absolute atomic E-state index is 13.8. The summed E-state index contributed by atoms with van der Waals surface area (Å²) in [6.45, 7) is 1.05. The van der Waals surface area contributed by atoms with E-state index in [1.54, 1.807) is 37.3 Å². The quantitative estimate of drug-likeness (QED) is 0.280. The summed E-state index contributed by atoms with van der Waals surface area (Å²) in [7, 11) is -2.87. The number of carbonyl (C=O) groups is 2. The van der Waals surface area contributed by atoms with E-state index in [9.17, 15) is 28.1 Å². The first-order chi connectivity index (χ1) is 18.1. The molecule has 0 aliphatic carbocycles. The molecule has 3 rings (SSSR count). The molecule has 0 spiro atoms. The van der Waals surface area contributed by atoms with Gasteiger partial charge in [-0.2, -0.15) is 0 Å². The Labute approximate surface area is 226 Å². The fourth-order valence-corrected chi connectivity index (χ4v) is 5.44. The number of anilines is 1. The standard InChI is InChI=1S/C26H27ClN4O6S/c1-3-24(26(33)28-2)29(17-19-12-14-20(27)15-13-19)25(32)18-30(21-8-7-9-22(16-21)31(34)35)38(36,37)23-10-5-4-6-11-23/h4-16,24H,3,17-18H2,1-2H3,(H,28,33). The molecule has 0 aromatic heterocycles. The highest BCUT2D eigenvalue weighted by atomic mass is 35.5. The second kappa shape index (κ2) is 12.5. The van der Waals surface area contributed by atoms with E-state index < -0.39 is 39.3 Å². The minimum atomic E-state index is -4.32. The Bertz CT molecular complexity index is 1400. The number of carbonyl (C=O) groups excluding carboxylic acids is 2. The second-order valence-corrected chi connectivity index (χ2v) is 10.6. The number of likely N-dealkylation sites (N-methyl/N-ethyl adjacent to an activating group) is 1. The fourth-order valence-electron chi connectivity index (χ4n) is 3.88. The van der Waals surface area contributed by atoms with Crippen LogP contribution in [0.2, 0.25) is 5.02 Å². The molecule has 3 aromatic rings. The van der Waals surface area contributed by atoms with Gasteiger partial charge in [0.15, 0.2) is 0 Å². The highest BCUT2D eigenvalue weighted by Gasteiger charge is 2.33. The maximum Gasteiger partial charge on any atom is 0.271 e. The summed E-state index contributed by atoms with van der Waals surface area (Å²) in [5.74, 6) is -1.08. The molecule has 2 amide bonds. The monoisotopic (exact) mass is 558 g/mol. The summed E-state index contributed by atoms with van der Waals surface area (Å²) in [5, 5.41) is 14.4. The van der Waals surface area contributed by atoms with Crippen LogP contribution in [-0.2, 0) is 26.2 Å². The highest BCUT2D eigenvalue weighted by molar-refractivity contribution is 7.92. The predicted octanol–water partition coefficient (Wildman–Crippen LogP) is 4.00. The van der Waals surface area contributed by atoms with Gasteiger partial charge in [-0.1, -0.05) is 54.9 Å². The molecule has 3 aromatic carbocycles. The lowest BCUT2D eigenvalue weighted by molar-refractivity contribution is -0.384. The topological polar surface area (TPSA) is 130 Å². The van der Waals surface area contributed by atoms with Gasteiger partial charge in [0.25, 0.3) is 15.7 Å². The number of nitro groups is 1. The van der Waals surface area contributed by atoms with Gasteiger partial charge in [0.05, 0.1) is 15.5 Å². The van der Waals surface area contributed by atoms with Gasteiger partial charge in [-0.05, 0) is 42.3 Å². The molecule has 200 valence electrons. The number of hydrogen-bond acceptors (Lipinski definition) is 6. The summed E-state index contributed by atoms with van der Waals surface area (Å²) in [6.07, 6.45) is 0.265. The van der Waals surface area contributed by atoms with Crippen LogP contribution in [0.3, 0.4) is 0 Å². The van der Waals surface area contributed by atoms with Crippen LogP contribution in [0.5, 0.6) is 0 Å². The van der Waals surface area contributed by atoms with Gasteiger partial charge in [-0.3, -0.25) is 24.0 Å². The minimum Gasteiger partial charge on any atom is -0.357 e. The van der Waals surface area contributed by atoms with E-state index in [-0.39, 0.29) is 29.2 Å². The lowest BCUT2D eigenvalue weighted by Gasteiger charge is -2.33. The van der Waals surface area contributed by atoms with E-state index in [0.29, 0.717) is 10.6 Å². The van der Waals surface area contributed by atoms with Crippen LogP contribution in [-0.4, -0.2) is 49.7 Å². The molecule has 0 fully saturated rings. The Morgan fingerprint density at radius 2 is 1.68 bits per heavy atom. The summed E-state index contributed by atoms with van der Waals surface area (Å²) < 4.78 is 28.2. The number of non-ortho nitro benzene ring substituents is 1. The molecule has 12 heteroatoms. The third kappa shape index (κ3) is 6.67. The predicted molar refractivity (Wildman–Crippen MR) is 144 cm³/mol. The van der Waals surface area contributed by atoms with E-state index in [1.165, 1.54) is 54.4 Å². The van der Waals surface area contributed by atoms with Crippen LogP contribution in [0.4, 0.5) is 11.4 Å². The average Bonchev–Trinajstić information content (AvgIpc) is 2.92. The molecule has 0 aliphatic rings. The first-order valence-electron chi connectivity index (χ1n) is 11.7. The molecule has 0 heterocycles. The smallest absolute Gasteiger partial charge is 0.271 e. The number of nitro benzene ring substituents is 1. The largest absolute Gasteiger partial charge is 0.357 e. The van der Waals surface area contributed by atoms with Crippen molar-refractivity contribution in [3.8, 4) is 0 Å². The molecule has 0 aliphatic heterocycles. The van der Waals surface area contributed by atoms with Crippen LogP contribution in [0.1, 0.15) is 18.9 Å². The van der Waals surface area contributed by atoms with Crippen molar-refractivity contribution in [3.63, 3.8) is 0 Å². The van der Waals surface area contributed by atoms with Crippen LogP contribution in [0.25, 0.3) is 0 Å². The Hall–Kier alpha value is -3.96. The number of nitrogens with zero attached hydrogens (tertiary/aromatic N) is 3. The molecular formula is C26H27ClN4O6S. The van der Waals surface area contributed by atoms with Crippen molar-refractivity contribution in [1.82, 2.24) is 10.2 Å². The minimum absolute atomic E-state index is 0.0100. The molecule has 38 heavy (non-hydrogen) atoms. The maximum atomic E-state index is 13.8. The lowest BCUT2D eigenvalue weighted by Crippen LogP contribution is -2.51. The Balaban J connectivity index is 2.08. The SMILES string of the molecule is CCC(C(=O)NC)N(Cc1ccc(Cl)cc1)C(=O)CN(c1cccc([N+](=O)[O-])c1)S(=O)(=O)c1ccccc1. The van der Waals surface area contributed by atoms with Gasteiger partial charge >= 0.3 is 0 Å². The highest BCUT2D eigenvalue weighted by Crippen LogP contribution is 2.28. The van der Waals surface area contributed by atoms with Gasteiger partial charge in [0, 0.05) is 30.7 Å². The number of nitrogens with one attached hydrogen (secondary N) is 1. The summed E-state index contributed by atoms with van der Waals surface area (Å²) in [4.78, 5) is 38.4. The van der Waals surface area contributed by atoms with E-state index in [0.717, 1.165) is 10.4 Å². The number of hydrogen-bond donors (Lipinski definition) is 1. The van der Waals surface area contributed by atoms with Crippen LogP contribution >= 0.6 is 11.6 Å². The number of sulfonamides is 1. The lowest BCUT2D eigenvalue weighted by atomic mass is 10.1. The third-order valence-electron chi connectivity index (χ3n) is 5.84. The third-order valence-corrected chi connectivity index (χ3v) is 7.88. The summed E-state index contributed by atoms with van der Waals surface area (Å²) in [5.41, 5.74) is 0.284. The Morgan fingerprint density at radius 1 is 1.03 bits per heavy atom. The average molecular weight is 559 g/mol. The Morgan fingerprint density at radius 3 is 2.26 bits per heavy atom. The number of benzene rings is 3. The van der Waals surface area contributed by atoms with Crippen LogP contribution in [0, 0.1) is 10.1 Å². The molecule has 0 radical (unpaired) electrons. The molecule has 1 N–H and O–H groups in total. The van der Waals surface area contributed by atoms with Gasteiger partial charge in [0.1, 0.15) is 12.6 Å². The zero-order valence-corrected chi connectivity index (χ0v) is 22.4. The van der Waals surface area contributed by atoms with E-state index in [1.807, 2.05) is 0 Å². The van der Waals surface area contributed by atoms with Crippen molar-refractivity contribution < 1.29 is 22.9 Å². The van der Waals surface area contributed by atoms with Crippen molar-refractivity contribution >= 4 is 44.8 Å². The molecule has 1 atom stereocenters. The van der Waals surface area contributed by atoms with Gasteiger partial charge in [-0.15, -0.1) is 0 Å². The van der Waals surface area contributed by atoms with Crippen molar-refractivity contribution in [1.29, 1.82) is 0 Å². The molecule has 0 saturated carbocycles. The van der Waals surface area contributed by atoms with E-state index >= 15 is 0 Å². The van der Waals surface area contributed by atoms with E-state index in [4.69, 9.17) is 11.6 Å². The normalized spacial score (nSPS) is 11.9. The van der Waals surface area contributed by atoms with Crippen molar-refractivity contribution in [2.75, 3.05) is 17.9 Å². The number of rotatable bonds is 11. The van der Waals surface area contributed by atoms with Gasteiger partial charge in [0.2, 0.25) is 11.8 Å². The fraction of sp³-hybridized carbons (Fsp3) is 0.231. The van der Waals surface area contributed by atoms with Crippen LogP contribution in [0.15, 0.2) is 83.8 Å². The number of halogens is 1. The first kappa shape index (κ1) is 28.6. The zero-order valence-electron chi connectivity index (χ0n) is 20.8. The molecule has 0 saturated heterocycles. The van der Waals surface area contributed by atoms with Crippen molar-refractivity contribution in [2.24, 2.45) is 0 Å². The molecule has 0 bridgehead atoms. The second-order valence-electron chi connectivity index (χ2n) is 8.29. The number of amides is 2. The molecule has 1 unspecified atom stereocenters. The molecule has 10 nitrogen and oxygen atoms in total. The van der Waals surface area contributed by atoms with Crippen molar-refractivity contribution in [3.05, 3.63) is 99.6 Å². The van der Waals surface area contributed by atoms with Crippen LogP contribution < -0.4 is 9.62 Å². The van der Waals surface area contributed by atoms with E-state index in [2.05, 4.69) is 5.32 Å². The Kier molecular flexibility index (Phi) is 9.43. The van der Waals surface area contributed by atoms with Crippen molar-refractivity contribution in [2.45, 2.75) is 30.8 Å². The van der Waals surface area contributed by atoms with Gasteiger partial charge in [-0.25, -0.2) is 8.42 Å². The first-order valence-corrected chi connectivity index (χ1v) is 13.5. The summed E-state index contributed by atoms with van der Waals surface area (Å²) >= 11 is 5.99. The molecular weight excluding hydrogens is 532 g/mol. The zero-order chi connectivity index (χ0) is 27.9. The van der Waals surface area contributed by atoms with Gasteiger partial charge < -0.3 is 10.2 Å². The summed E-state index contributed by atoms with van der Waals surface area (Å²) in [6, 6.07) is 18.3.